The van der Waals surface area contributed by atoms with Gasteiger partial charge in [0.2, 0.25) is 0 Å². The van der Waals surface area contributed by atoms with E-state index in [9.17, 15) is 14.7 Å². The summed E-state index contributed by atoms with van der Waals surface area (Å²) in [6, 6.07) is 8.63. The Bertz CT molecular complexity index is 657. The van der Waals surface area contributed by atoms with E-state index in [4.69, 9.17) is 0 Å². The molecule has 5 heteroatoms. The maximum Gasteiger partial charge on any atom is 1.00 e. The fourth-order valence-electron chi connectivity index (χ4n) is 2.03. The van der Waals surface area contributed by atoms with Crippen molar-refractivity contribution in [3.8, 4) is 5.75 Å². The number of carbonyl (C=O) groups excluding carboxylic acids is 2. The molecule has 2 amide bonds. The van der Waals surface area contributed by atoms with Gasteiger partial charge in [-0.3, -0.25) is 14.9 Å². The Kier molecular flexibility index (Phi) is 2.95. The third-order valence-electron chi connectivity index (χ3n) is 2.71. The Morgan fingerprint density at radius 1 is 1.06 bits per heavy atom. The van der Waals surface area contributed by atoms with Crippen molar-refractivity contribution in [2.75, 3.05) is 0 Å². The average Bonchev–Trinajstić information content (AvgIpc) is 2.55. The number of hydrogen-bond donors (Lipinski definition) is 2. The van der Waals surface area contributed by atoms with Crippen LogP contribution in [-0.4, -0.2) is 16.9 Å². The van der Waals surface area contributed by atoms with Crippen molar-refractivity contribution in [3.63, 3.8) is 0 Å². The normalized spacial score (nSPS) is 13.2. The molecule has 4 nitrogen and oxygen atoms in total. The third kappa shape index (κ3) is 1.65. The van der Waals surface area contributed by atoms with E-state index < -0.39 is 11.8 Å². The second kappa shape index (κ2) is 4.14. The van der Waals surface area contributed by atoms with Crippen LogP contribution >= 0.6 is 0 Å². The molecule has 0 saturated heterocycles. The summed E-state index contributed by atoms with van der Waals surface area (Å²) in [6.45, 7) is 0. The van der Waals surface area contributed by atoms with Crippen LogP contribution in [0, 0.1) is 0 Å². The largest absolute Gasteiger partial charge is 1.00 e. The van der Waals surface area contributed by atoms with Crippen molar-refractivity contribution in [2.45, 2.75) is 0 Å². The Labute approximate surface area is 120 Å². The summed E-state index contributed by atoms with van der Waals surface area (Å²) < 4.78 is 0. The molecule has 0 aliphatic carbocycles. The number of fused-ring (bicyclic) bond motifs is 3. The molecule has 17 heavy (non-hydrogen) atoms. The fourth-order valence-corrected chi connectivity index (χ4v) is 2.03. The summed E-state index contributed by atoms with van der Waals surface area (Å²) in [6.07, 6.45) is 0. The first kappa shape index (κ1) is 12.1. The molecule has 0 atom stereocenters. The zero-order valence-electron chi connectivity index (χ0n) is 10.2. The van der Waals surface area contributed by atoms with Crippen molar-refractivity contribution in [1.82, 2.24) is 5.32 Å². The number of phenolic OH excluding ortho intramolecular Hbond substituents is 1. The number of aromatic hydroxyl groups is 1. The van der Waals surface area contributed by atoms with E-state index in [1.54, 1.807) is 18.2 Å². The van der Waals surface area contributed by atoms with Gasteiger partial charge in [-0.15, -0.1) is 0 Å². The topological polar surface area (TPSA) is 66.4 Å². The summed E-state index contributed by atoms with van der Waals surface area (Å²) in [5, 5.41) is 13.3. The Balaban J connectivity index is 0.000000810. The molecule has 0 aromatic heterocycles. The van der Waals surface area contributed by atoms with Gasteiger partial charge in [0.1, 0.15) is 5.75 Å². The molecule has 1 aliphatic rings. The predicted octanol–water partition coefficient (Wildman–Crippen LogP) is -1.45. The Morgan fingerprint density at radius 3 is 2.47 bits per heavy atom. The summed E-state index contributed by atoms with van der Waals surface area (Å²) in [5.74, 6) is -1.15. The molecule has 1 heterocycles. The second-order valence-corrected chi connectivity index (χ2v) is 3.65. The van der Waals surface area contributed by atoms with E-state index in [1.807, 2.05) is 6.07 Å². The van der Waals surface area contributed by atoms with E-state index in [1.165, 1.54) is 6.07 Å². The van der Waals surface area contributed by atoms with Gasteiger partial charge in [-0.1, -0.05) is 24.3 Å². The molecule has 1 aliphatic heterocycles. The van der Waals surface area contributed by atoms with Crippen molar-refractivity contribution in [1.29, 1.82) is 0 Å². The van der Waals surface area contributed by atoms with Crippen LogP contribution in [0.3, 0.4) is 0 Å². The van der Waals surface area contributed by atoms with Gasteiger partial charge in [0.25, 0.3) is 11.8 Å². The van der Waals surface area contributed by atoms with E-state index >= 15 is 0 Å². The molecule has 0 spiro atoms. The summed E-state index contributed by atoms with van der Waals surface area (Å²) in [4.78, 5) is 23.0. The van der Waals surface area contributed by atoms with Crippen molar-refractivity contribution in [2.24, 2.45) is 0 Å². The van der Waals surface area contributed by atoms with Crippen LogP contribution in [0.2, 0.25) is 0 Å². The molecule has 3 rings (SSSR count). The molecule has 0 unspecified atom stereocenters. The van der Waals surface area contributed by atoms with E-state index in [-0.39, 0.29) is 47.9 Å². The smallest absolute Gasteiger partial charge is 1.00 e. The van der Waals surface area contributed by atoms with Gasteiger partial charge in [0.05, 0.1) is 11.1 Å². The maximum atomic E-state index is 11.6. The number of nitrogens with one attached hydrogen (secondary N) is 1. The van der Waals surface area contributed by atoms with Crippen LogP contribution < -0.4 is 34.9 Å². The summed E-state index contributed by atoms with van der Waals surface area (Å²) >= 11 is 0. The van der Waals surface area contributed by atoms with Gasteiger partial charge >= 0.3 is 29.6 Å². The number of imide groups is 1. The van der Waals surface area contributed by atoms with Gasteiger partial charge in [-0.2, -0.15) is 0 Å². The Hall–Kier alpha value is -1.36. The Morgan fingerprint density at radius 2 is 1.71 bits per heavy atom. The van der Waals surface area contributed by atoms with Gasteiger partial charge in [0.15, 0.2) is 0 Å². The van der Waals surface area contributed by atoms with E-state index in [2.05, 4.69) is 5.32 Å². The van der Waals surface area contributed by atoms with Crippen LogP contribution in [0.5, 0.6) is 5.75 Å². The summed E-state index contributed by atoms with van der Waals surface area (Å²) in [5.41, 5.74) is 0.337. The molecule has 2 aromatic rings. The van der Waals surface area contributed by atoms with Gasteiger partial charge in [0, 0.05) is 0 Å². The number of amides is 2. The number of phenols is 1. The number of hydrogen-bond acceptors (Lipinski definition) is 3. The fraction of sp³-hybridized carbons (Fsp3) is 0. The average molecular weight is 237 g/mol. The zero-order chi connectivity index (χ0) is 11.3. The molecular weight excluding hydrogens is 229 g/mol. The van der Waals surface area contributed by atoms with Crippen molar-refractivity contribution >= 4 is 22.6 Å². The van der Waals surface area contributed by atoms with Crippen LogP contribution in [0.4, 0.5) is 0 Å². The first-order valence-electron chi connectivity index (χ1n) is 4.79. The number of carbonyl (C=O) groups is 2. The SMILES string of the molecule is O=C1NC(=O)c2c1c(O)cc1ccccc21.[H-].[Na+]. The maximum absolute atomic E-state index is 11.6. The first-order valence-corrected chi connectivity index (χ1v) is 4.79. The van der Waals surface area contributed by atoms with Crippen molar-refractivity contribution in [3.05, 3.63) is 41.5 Å². The van der Waals surface area contributed by atoms with Crippen molar-refractivity contribution < 1.29 is 45.7 Å². The molecule has 0 fully saturated rings. The van der Waals surface area contributed by atoms with E-state index in [0.717, 1.165) is 5.39 Å². The summed E-state index contributed by atoms with van der Waals surface area (Å²) in [7, 11) is 0. The molecule has 2 N–H and O–H groups in total. The molecule has 2 aromatic carbocycles. The minimum atomic E-state index is -0.539. The zero-order valence-corrected chi connectivity index (χ0v) is 11.2. The van der Waals surface area contributed by atoms with Crippen LogP contribution in [0.1, 0.15) is 22.1 Å². The molecule has 80 valence electrons. The quantitative estimate of drug-likeness (QED) is 0.435. The first-order chi connectivity index (χ1) is 7.68. The predicted molar refractivity (Wildman–Crippen MR) is 58.5 cm³/mol. The van der Waals surface area contributed by atoms with Crippen LogP contribution in [0.15, 0.2) is 30.3 Å². The molecule has 0 saturated carbocycles. The van der Waals surface area contributed by atoms with Gasteiger partial charge in [-0.25, -0.2) is 0 Å². The number of benzene rings is 2. The molecule has 0 radical (unpaired) electrons. The van der Waals surface area contributed by atoms with Crippen LogP contribution in [0.25, 0.3) is 10.8 Å². The number of rotatable bonds is 0. The third-order valence-corrected chi connectivity index (χ3v) is 2.71. The second-order valence-electron chi connectivity index (χ2n) is 3.65. The van der Waals surface area contributed by atoms with Gasteiger partial charge in [-0.05, 0) is 16.8 Å². The minimum absolute atomic E-state index is 0. The van der Waals surface area contributed by atoms with Crippen LogP contribution in [-0.2, 0) is 0 Å². The monoisotopic (exact) mass is 237 g/mol. The van der Waals surface area contributed by atoms with Gasteiger partial charge < -0.3 is 6.53 Å². The molecular formula is C12H8NNaO3. The minimum Gasteiger partial charge on any atom is -1.00 e. The van der Waals surface area contributed by atoms with E-state index in [0.29, 0.717) is 5.39 Å². The standard InChI is InChI=1S/C12H7NO3.Na.H/c14-8-5-6-3-1-2-4-7(6)9-10(8)12(16)13-11(9)15;;/h1-5,14H,(H,13,15,16);;/q;+1;-1. The molecule has 0 bridgehead atoms.